The highest BCUT2D eigenvalue weighted by Gasteiger charge is 2.18. The second kappa shape index (κ2) is 8.61. The van der Waals surface area contributed by atoms with E-state index in [9.17, 15) is 18.0 Å². The number of hydrogen-bond donors (Lipinski definition) is 5. The van der Waals surface area contributed by atoms with Crippen LogP contribution in [-0.2, 0) is 21.4 Å². The average molecular weight is 379 g/mol. The molecule has 9 nitrogen and oxygen atoms in total. The van der Waals surface area contributed by atoms with E-state index in [0.29, 0.717) is 12.2 Å². The standard InChI is InChI=1S/C16H21N5O4S/c1-2-18-8-11-4-3-5-12(6-11)21-15(22)10-20-26(24,25)13-7-14(16(17)23)19-9-13/h3-7,9,18-20H,2,8,10H2,1H3,(H2,17,23)(H,21,22). The van der Waals surface area contributed by atoms with Gasteiger partial charge in [-0.3, -0.25) is 9.59 Å². The molecule has 0 aliphatic carbocycles. The first-order valence-electron chi connectivity index (χ1n) is 7.89. The van der Waals surface area contributed by atoms with Crippen LogP contribution in [0, 0.1) is 0 Å². The van der Waals surface area contributed by atoms with Crippen molar-refractivity contribution in [2.24, 2.45) is 5.73 Å². The van der Waals surface area contributed by atoms with Crippen LogP contribution >= 0.6 is 0 Å². The number of anilines is 1. The Balaban J connectivity index is 1.94. The predicted octanol–water partition coefficient (Wildman–Crippen LogP) is 0.140. The molecule has 2 aromatic rings. The molecule has 140 valence electrons. The van der Waals surface area contributed by atoms with E-state index in [1.54, 1.807) is 18.2 Å². The number of aromatic nitrogens is 1. The summed E-state index contributed by atoms with van der Waals surface area (Å²) < 4.78 is 26.4. The van der Waals surface area contributed by atoms with E-state index < -0.39 is 28.4 Å². The van der Waals surface area contributed by atoms with Crippen molar-refractivity contribution >= 4 is 27.5 Å². The fourth-order valence-electron chi connectivity index (χ4n) is 2.15. The number of nitrogens with two attached hydrogens (primary N) is 1. The lowest BCUT2D eigenvalue weighted by Crippen LogP contribution is -2.32. The fraction of sp³-hybridized carbons (Fsp3) is 0.250. The lowest BCUT2D eigenvalue weighted by atomic mass is 10.2. The number of hydrogen-bond acceptors (Lipinski definition) is 5. The van der Waals surface area contributed by atoms with Gasteiger partial charge in [-0.25, -0.2) is 13.1 Å². The molecule has 10 heteroatoms. The quantitative estimate of drug-likeness (QED) is 0.421. The highest BCUT2D eigenvalue weighted by Crippen LogP contribution is 2.12. The average Bonchev–Trinajstić information content (AvgIpc) is 3.10. The van der Waals surface area contributed by atoms with Crippen LogP contribution in [0.4, 0.5) is 5.69 Å². The molecule has 1 aromatic carbocycles. The molecule has 1 aromatic heterocycles. The molecule has 0 fully saturated rings. The lowest BCUT2D eigenvalue weighted by molar-refractivity contribution is -0.115. The van der Waals surface area contributed by atoms with E-state index in [4.69, 9.17) is 5.73 Å². The third kappa shape index (κ3) is 5.41. The Hall–Kier alpha value is -2.69. The van der Waals surface area contributed by atoms with Crippen LogP contribution in [0.5, 0.6) is 0 Å². The van der Waals surface area contributed by atoms with Gasteiger partial charge in [0.1, 0.15) is 10.6 Å². The smallest absolute Gasteiger partial charge is 0.265 e. The molecule has 0 atom stereocenters. The SMILES string of the molecule is CCNCc1cccc(NC(=O)CNS(=O)(=O)c2c[nH]c(C(N)=O)c2)c1. The highest BCUT2D eigenvalue weighted by atomic mass is 32.2. The maximum atomic E-state index is 12.1. The van der Waals surface area contributed by atoms with Crippen molar-refractivity contribution in [1.82, 2.24) is 15.0 Å². The van der Waals surface area contributed by atoms with Crippen molar-refractivity contribution in [3.63, 3.8) is 0 Å². The van der Waals surface area contributed by atoms with Crippen LogP contribution in [0.15, 0.2) is 41.4 Å². The number of aromatic amines is 1. The van der Waals surface area contributed by atoms with E-state index in [2.05, 4.69) is 20.3 Å². The van der Waals surface area contributed by atoms with Crippen molar-refractivity contribution in [3.05, 3.63) is 47.8 Å². The number of H-pyrrole nitrogens is 1. The van der Waals surface area contributed by atoms with E-state index in [1.165, 1.54) is 0 Å². The lowest BCUT2D eigenvalue weighted by Gasteiger charge is -2.09. The van der Waals surface area contributed by atoms with Gasteiger partial charge in [0.25, 0.3) is 5.91 Å². The Morgan fingerprint density at radius 2 is 2.00 bits per heavy atom. The Morgan fingerprint density at radius 1 is 1.23 bits per heavy atom. The van der Waals surface area contributed by atoms with Gasteiger partial charge < -0.3 is 21.4 Å². The monoisotopic (exact) mass is 379 g/mol. The minimum atomic E-state index is -3.94. The summed E-state index contributed by atoms with van der Waals surface area (Å²) in [6, 6.07) is 8.35. The summed E-state index contributed by atoms with van der Waals surface area (Å²) in [7, 11) is -3.94. The summed E-state index contributed by atoms with van der Waals surface area (Å²) in [5.41, 5.74) is 6.60. The number of carbonyl (C=O) groups is 2. The zero-order chi connectivity index (χ0) is 19.2. The van der Waals surface area contributed by atoms with E-state index in [-0.39, 0.29) is 10.6 Å². The minimum absolute atomic E-state index is 0.0349. The number of sulfonamides is 1. The summed E-state index contributed by atoms with van der Waals surface area (Å²) in [6.45, 7) is 3.04. The van der Waals surface area contributed by atoms with Gasteiger partial charge >= 0.3 is 0 Å². The Morgan fingerprint density at radius 3 is 2.65 bits per heavy atom. The van der Waals surface area contributed by atoms with Crippen molar-refractivity contribution in [2.75, 3.05) is 18.4 Å². The van der Waals surface area contributed by atoms with Crippen LogP contribution in [0.3, 0.4) is 0 Å². The molecule has 0 saturated heterocycles. The maximum absolute atomic E-state index is 12.1. The second-order valence-corrected chi connectivity index (χ2v) is 7.23. The molecule has 26 heavy (non-hydrogen) atoms. The van der Waals surface area contributed by atoms with Crippen LogP contribution in [0.25, 0.3) is 0 Å². The van der Waals surface area contributed by atoms with Gasteiger partial charge in [0.2, 0.25) is 15.9 Å². The molecular weight excluding hydrogens is 358 g/mol. The van der Waals surface area contributed by atoms with Crippen molar-refractivity contribution in [2.45, 2.75) is 18.4 Å². The van der Waals surface area contributed by atoms with Gasteiger partial charge in [-0.1, -0.05) is 19.1 Å². The first-order valence-corrected chi connectivity index (χ1v) is 9.37. The topological polar surface area (TPSA) is 146 Å². The molecule has 2 rings (SSSR count). The molecule has 6 N–H and O–H groups in total. The second-order valence-electron chi connectivity index (χ2n) is 5.47. The zero-order valence-electron chi connectivity index (χ0n) is 14.2. The van der Waals surface area contributed by atoms with Crippen LogP contribution in [0.1, 0.15) is 23.0 Å². The predicted molar refractivity (Wildman–Crippen MR) is 97.0 cm³/mol. The summed E-state index contributed by atoms with van der Waals surface area (Å²) in [5, 5.41) is 5.81. The van der Waals surface area contributed by atoms with Gasteiger partial charge in [0.05, 0.1) is 6.54 Å². The maximum Gasteiger partial charge on any atom is 0.265 e. The number of benzene rings is 1. The number of carbonyl (C=O) groups excluding carboxylic acids is 2. The van der Waals surface area contributed by atoms with Gasteiger partial charge in [0.15, 0.2) is 0 Å². The third-order valence-electron chi connectivity index (χ3n) is 3.44. The fourth-order valence-corrected chi connectivity index (χ4v) is 3.12. The molecule has 0 aliphatic heterocycles. The zero-order valence-corrected chi connectivity index (χ0v) is 15.0. The number of rotatable bonds is 9. The van der Waals surface area contributed by atoms with Crippen molar-refractivity contribution in [3.8, 4) is 0 Å². The Labute approximate surface area is 151 Å². The minimum Gasteiger partial charge on any atom is -0.364 e. The van der Waals surface area contributed by atoms with Gasteiger partial charge in [-0.15, -0.1) is 0 Å². The van der Waals surface area contributed by atoms with E-state index >= 15 is 0 Å². The first kappa shape index (κ1) is 19.6. The van der Waals surface area contributed by atoms with Gasteiger partial charge in [-0.05, 0) is 30.3 Å². The van der Waals surface area contributed by atoms with Crippen LogP contribution in [0.2, 0.25) is 0 Å². The molecule has 0 bridgehead atoms. The first-order chi connectivity index (χ1) is 12.3. The number of amides is 2. The molecule has 0 spiro atoms. The van der Waals surface area contributed by atoms with E-state index in [1.807, 2.05) is 13.0 Å². The molecule has 1 heterocycles. The van der Waals surface area contributed by atoms with E-state index in [0.717, 1.165) is 24.4 Å². The largest absolute Gasteiger partial charge is 0.364 e. The van der Waals surface area contributed by atoms with Crippen molar-refractivity contribution in [1.29, 1.82) is 0 Å². The Kier molecular flexibility index (Phi) is 6.50. The normalized spacial score (nSPS) is 11.3. The molecule has 0 unspecified atom stereocenters. The summed E-state index contributed by atoms with van der Waals surface area (Å²) in [5.74, 6) is -1.29. The van der Waals surface area contributed by atoms with Crippen LogP contribution in [-0.4, -0.2) is 38.3 Å². The van der Waals surface area contributed by atoms with Crippen molar-refractivity contribution < 1.29 is 18.0 Å². The van der Waals surface area contributed by atoms with Gasteiger partial charge in [0, 0.05) is 18.4 Å². The summed E-state index contributed by atoms with van der Waals surface area (Å²) in [4.78, 5) is 25.3. The van der Waals surface area contributed by atoms with Gasteiger partial charge in [-0.2, -0.15) is 0 Å². The summed E-state index contributed by atoms with van der Waals surface area (Å²) in [6.07, 6.45) is 1.13. The molecular formula is C16H21N5O4S. The molecule has 0 radical (unpaired) electrons. The van der Waals surface area contributed by atoms with Crippen LogP contribution < -0.4 is 21.1 Å². The number of primary amides is 1. The summed E-state index contributed by atoms with van der Waals surface area (Å²) >= 11 is 0. The molecule has 2 amide bonds. The number of nitrogens with one attached hydrogen (secondary N) is 4. The molecule has 0 saturated carbocycles. The Bertz CT molecular complexity index is 892. The highest BCUT2D eigenvalue weighted by molar-refractivity contribution is 7.89. The third-order valence-corrected chi connectivity index (χ3v) is 4.83. The molecule has 0 aliphatic rings.